The molecule has 1 aliphatic heterocycles. The van der Waals surface area contributed by atoms with Crippen LogP contribution in [0.3, 0.4) is 0 Å². The smallest absolute Gasteiger partial charge is 0.0730 e. The lowest BCUT2D eigenvalue weighted by Gasteiger charge is -2.37. The summed E-state index contributed by atoms with van der Waals surface area (Å²) in [5, 5.41) is 0. The van der Waals surface area contributed by atoms with Crippen molar-refractivity contribution in [2.24, 2.45) is 0 Å². The molecule has 3 rings (SSSR count). The summed E-state index contributed by atoms with van der Waals surface area (Å²) in [6.07, 6.45) is 6.77. The molecule has 0 spiro atoms. The van der Waals surface area contributed by atoms with Crippen LogP contribution in [-0.4, -0.2) is 36.7 Å². The highest BCUT2D eigenvalue weighted by Gasteiger charge is 2.35. The third kappa shape index (κ3) is 3.10. The molecule has 104 valence electrons. The van der Waals surface area contributed by atoms with Gasteiger partial charge in [-0.05, 0) is 56.3 Å². The van der Waals surface area contributed by atoms with Crippen LogP contribution in [0.2, 0.25) is 0 Å². The van der Waals surface area contributed by atoms with E-state index in [1.54, 1.807) is 0 Å². The van der Waals surface area contributed by atoms with Crippen molar-refractivity contribution < 1.29 is 4.74 Å². The lowest BCUT2D eigenvalue weighted by atomic mass is 10.1. The summed E-state index contributed by atoms with van der Waals surface area (Å²) >= 11 is 0. The highest BCUT2D eigenvalue weighted by Crippen LogP contribution is 2.29. The van der Waals surface area contributed by atoms with Gasteiger partial charge in [0.05, 0.1) is 12.7 Å². The zero-order valence-electron chi connectivity index (χ0n) is 11.6. The molecule has 2 aliphatic rings. The van der Waals surface area contributed by atoms with Crippen molar-refractivity contribution in [2.75, 3.05) is 25.4 Å². The first-order valence-corrected chi connectivity index (χ1v) is 7.53. The van der Waals surface area contributed by atoms with Crippen LogP contribution in [0.4, 0.5) is 5.69 Å². The van der Waals surface area contributed by atoms with Crippen molar-refractivity contribution in [2.45, 2.75) is 44.2 Å². The molecular weight excluding hydrogens is 236 g/mol. The Morgan fingerprint density at radius 3 is 3.16 bits per heavy atom. The van der Waals surface area contributed by atoms with Gasteiger partial charge in [0.1, 0.15) is 0 Å². The first-order chi connectivity index (χ1) is 9.33. The van der Waals surface area contributed by atoms with Crippen LogP contribution < -0.4 is 5.73 Å². The Morgan fingerprint density at radius 2 is 2.26 bits per heavy atom. The number of anilines is 1. The largest absolute Gasteiger partial charge is 0.399 e. The Labute approximate surface area is 115 Å². The molecular formula is C16H24N2O. The van der Waals surface area contributed by atoms with Crippen LogP contribution in [0.1, 0.15) is 31.2 Å². The third-order valence-electron chi connectivity index (χ3n) is 4.46. The molecule has 1 aromatic carbocycles. The Kier molecular flexibility index (Phi) is 4.04. The quantitative estimate of drug-likeness (QED) is 0.845. The minimum Gasteiger partial charge on any atom is -0.399 e. The predicted octanol–water partition coefficient (Wildman–Crippen LogP) is 2.45. The molecule has 0 amide bonds. The van der Waals surface area contributed by atoms with Crippen LogP contribution in [0, 0.1) is 0 Å². The number of benzene rings is 1. The fourth-order valence-corrected chi connectivity index (χ4v) is 3.52. The Morgan fingerprint density at radius 1 is 1.32 bits per heavy atom. The molecule has 2 N–H and O–H groups in total. The maximum atomic E-state index is 5.85. The summed E-state index contributed by atoms with van der Waals surface area (Å²) in [5.41, 5.74) is 8.05. The molecule has 2 unspecified atom stereocenters. The fraction of sp³-hybridized carbons (Fsp3) is 0.625. The van der Waals surface area contributed by atoms with Crippen molar-refractivity contribution in [1.29, 1.82) is 0 Å². The zero-order chi connectivity index (χ0) is 13.1. The summed E-state index contributed by atoms with van der Waals surface area (Å²) in [6, 6.07) is 8.96. The Bertz CT molecular complexity index is 421. The van der Waals surface area contributed by atoms with Crippen LogP contribution >= 0.6 is 0 Å². The fourth-order valence-electron chi connectivity index (χ4n) is 3.52. The molecule has 2 fully saturated rings. The van der Waals surface area contributed by atoms with Gasteiger partial charge in [0.25, 0.3) is 0 Å². The monoisotopic (exact) mass is 260 g/mol. The average Bonchev–Trinajstić information content (AvgIpc) is 2.88. The minimum absolute atomic E-state index is 0.515. The number of ether oxygens (including phenoxy) is 1. The number of nitrogen functional groups attached to an aromatic ring is 1. The van der Waals surface area contributed by atoms with E-state index in [1.165, 1.54) is 37.8 Å². The second kappa shape index (κ2) is 5.93. The summed E-state index contributed by atoms with van der Waals surface area (Å²) in [5.74, 6) is 0. The number of morpholine rings is 1. The molecule has 19 heavy (non-hydrogen) atoms. The molecule has 3 heteroatoms. The van der Waals surface area contributed by atoms with Gasteiger partial charge in [-0.25, -0.2) is 0 Å². The Balaban J connectivity index is 1.49. The standard InChI is InChI=1S/C16H24N2O/c17-14-6-1-4-13(12-14)5-3-9-18-10-11-19-16-8-2-7-15(16)18/h1,4,6,12,15-16H,2-3,5,7-11,17H2. The molecule has 1 saturated heterocycles. The number of hydrogen-bond donors (Lipinski definition) is 1. The lowest BCUT2D eigenvalue weighted by molar-refractivity contribution is -0.0556. The Hall–Kier alpha value is -1.06. The lowest BCUT2D eigenvalue weighted by Crippen LogP contribution is -2.48. The SMILES string of the molecule is Nc1cccc(CCCN2CCOC3CCCC32)c1. The van der Waals surface area contributed by atoms with E-state index in [0.29, 0.717) is 12.1 Å². The van der Waals surface area contributed by atoms with E-state index in [2.05, 4.69) is 17.0 Å². The molecule has 2 atom stereocenters. The number of fused-ring (bicyclic) bond motifs is 1. The summed E-state index contributed by atoms with van der Waals surface area (Å²) in [4.78, 5) is 2.65. The maximum absolute atomic E-state index is 5.85. The average molecular weight is 260 g/mol. The van der Waals surface area contributed by atoms with Gasteiger partial charge >= 0.3 is 0 Å². The topological polar surface area (TPSA) is 38.5 Å². The zero-order valence-corrected chi connectivity index (χ0v) is 11.6. The molecule has 0 bridgehead atoms. The highest BCUT2D eigenvalue weighted by atomic mass is 16.5. The summed E-state index contributed by atoms with van der Waals surface area (Å²) < 4.78 is 5.85. The molecule has 1 heterocycles. The van der Waals surface area contributed by atoms with Crippen molar-refractivity contribution in [3.8, 4) is 0 Å². The van der Waals surface area contributed by atoms with Gasteiger partial charge in [0.15, 0.2) is 0 Å². The molecule has 1 saturated carbocycles. The molecule has 1 aliphatic carbocycles. The van der Waals surface area contributed by atoms with Gasteiger partial charge in [-0.15, -0.1) is 0 Å². The van der Waals surface area contributed by atoms with Crippen molar-refractivity contribution in [1.82, 2.24) is 4.90 Å². The van der Waals surface area contributed by atoms with E-state index in [0.717, 1.165) is 25.3 Å². The maximum Gasteiger partial charge on any atom is 0.0730 e. The molecule has 3 nitrogen and oxygen atoms in total. The van der Waals surface area contributed by atoms with E-state index in [9.17, 15) is 0 Å². The van der Waals surface area contributed by atoms with Gasteiger partial charge in [0.2, 0.25) is 0 Å². The van der Waals surface area contributed by atoms with E-state index in [-0.39, 0.29) is 0 Å². The number of nitrogens with two attached hydrogens (primary N) is 1. The summed E-state index contributed by atoms with van der Waals surface area (Å²) in [6.45, 7) is 3.22. The summed E-state index contributed by atoms with van der Waals surface area (Å²) in [7, 11) is 0. The van der Waals surface area contributed by atoms with Crippen molar-refractivity contribution in [3.63, 3.8) is 0 Å². The second-order valence-electron chi connectivity index (χ2n) is 5.79. The number of aryl methyl sites for hydroxylation is 1. The van der Waals surface area contributed by atoms with Gasteiger partial charge < -0.3 is 10.5 Å². The number of rotatable bonds is 4. The second-order valence-corrected chi connectivity index (χ2v) is 5.79. The molecule has 0 aromatic heterocycles. The van der Waals surface area contributed by atoms with Gasteiger partial charge in [-0.1, -0.05) is 12.1 Å². The van der Waals surface area contributed by atoms with Crippen LogP contribution in [0.5, 0.6) is 0 Å². The molecule has 0 radical (unpaired) electrons. The highest BCUT2D eigenvalue weighted by molar-refractivity contribution is 5.40. The third-order valence-corrected chi connectivity index (χ3v) is 4.46. The minimum atomic E-state index is 0.515. The normalized spacial score (nSPS) is 27.4. The van der Waals surface area contributed by atoms with Crippen LogP contribution in [0.25, 0.3) is 0 Å². The van der Waals surface area contributed by atoms with Gasteiger partial charge in [0, 0.05) is 18.3 Å². The van der Waals surface area contributed by atoms with E-state index in [4.69, 9.17) is 10.5 Å². The van der Waals surface area contributed by atoms with E-state index >= 15 is 0 Å². The van der Waals surface area contributed by atoms with Crippen LogP contribution in [0.15, 0.2) is 24.3 Å². The van der Waals surface area contributed by atoms with Crippen molar-refractivity contribution >= 4 is 5.69 Å². The van der Waals surface area contributed by atoms with Crippen molar-refractivity contribution in [3.05, 3.63) is 29.8 Å². The first kappa shape index (κ1) is 12.9. The van der Waals surface area contributed by atoms with Gasteiger partial charge in [-0.2, -0.15) is 0 Å². The first-order valence-electron chi connectivity index (χ1n) is 7.53. The number of nitrogens with zero attached hydrogens (tertiary/aromatic N) is 1. The van der Waals surface area contributed by atoms with Crippen LogP contribution in [-0.2, 0) is 11.2 Å². The number of hydrogen-bond acceptors (Lipinski definition) is 3. The van der Waals surface area contributed by atoms with Gasteiger partial charge in [-0.3, -0.25) is 4.90 Å². The predicted molar refractivity (Wildman–Crippen MR) is 78.1 cm³/mol. The molecule has 1 aromatic rings. The van der Waals surface area contributed by atoms with E-state index in [1.807, 2.05) is 12.1 Å². The van der Waals surface area contributed by atoms with E-state index < -0.39 is 0 Å².